The van der Waals surface area contributed by atoms with Gasteiger partial charge in [-0.05, 0) is 25.2 Å². The number of carboxylic acids is 1. The normalized spacial score (nSPS) is 24.1. The summed E-state index contributed by atoms with van der Waals surface area (Å²) in [5.74, 6) is 0.289. The number of hydrogen-bond donors (Lipinski definition) is 1. The molecule has 1 heterocycles. The summed E-state index contributed by atoms with van der Waals surface area (Å²) in [4.78, 5) is 11.0. The van der Waals surface area contributed by atoms with Crippen molar-refractivity contribution in [1.29, 1.82) is 0 Å². The Balaban J connectivity index is 2.29. The van der Waals surface area contributed by atoms with Gasteiger partial charge in [0, 0.05) is 12.4 Å². The van der Waals surface area contributed by atoms with Crippen LogP contribution < -0.4 is 0 Å². The lowest BCUT2D eigenvalue weighted by atomic mass is 10.1. The van der Waals surface area contributed by atoms with Crippen LogP contribution in [-0.2, 0) is 9.53 Å². The molecule has 2 unspecified atom stereocenters. The molecule has 2 atom stereocenters. The second-order valence-electron chi connectivity index (χ2n) is 4.32. The van der Waals surface area contributed by atoms with Crippen LogP contribution in [0.5, 0.6) is 0 Å². The van der Waals surface area contributed by atoms with Crippen LogP contribution in [0.3, 0.4) is 0 Å². The number of carbonyl (C=O) groups is 1. The Labute approximate surface area is 95.6 Å². The van der Waals surface area contributed by atoms with Gasteiger partial charge in [-0.2, -0.15) is 0 Å². The van der Waals surface area contributed by atoms with Crippen molar-refractivity contribution >= 4 is 17.7 Å². The highest BCUT2D eigenvalue weighted by atomic mass is 32.2. The Morgan fingerprint density at radius 2 is 2.27 bits per heavy atom. The fourth-order valence-corrected chi connectivity index (χ4v) is 2.91. The largest absolute Gasteiger partial charge is 0.480 e. The van der Waals surface area contributed by atoms with Crippen molar-refractivity contribution < 1.29 is 14.6 Å². The Morgan fingerprint density at radius 1 is 1.53 bits per heavy atom. The average molecular weight is 232 g/mol. The van der Waals surface area contributed by atoms with Gasteiger partial charge in [0.05, 0.1) is 6.10 Å². The van der Waals surface area contributed by atoms with Crippen molar-refractivity contribution in [3.8, 4) is 0 Å². The highest BCUT2D eigenvalue weighted by Crippen LogP contribution is 2.24. The second-order valence-corrected chi connectivity index (χ2v) is 5.50. The summed E-state index contributed by atoms with van der Waals surface area (Å²) >= 11 is 1.52. The van der Waals surface area contributed by atoms with E-state index in [-0.39, 0.29) is 17.3 Å². The molecule has 1 rings (SSSR count). The van der Waals surface area contributed by atoms with E-state index in [2.05, 4.69) is 0 Å². The standard InChI is InChI=1S/C11H20O3S/c1-8(2)10(11(12)13)15-7-9-5-3-4-6-14-9/h8-10H,3-7H2,1-2H3,(H,12,13). The smallest absolute Gasteiger partial charge is 0.316 e. The quantitative estimate of drug-likeness (QED) is 0.790. The molecule has 4 heteroatoms. The predicted molar refractivity (Wildman–Crippen MR) is 62.3 cm³/mol. The average Bonchev–Trinajstić information content (AvgIpc) is 2.18. The van der Waals surface area contributed by atoms with Crippen LogP contribution in [0.4, 0.5) is 0 Å². The minimum absolute atomic E-state index is 0.177. The fraction of sp³-hybridized carbons (Fsp3) is 0.909. The van der Waals surface area contributed by atoms with Gasteiger partial charge >= 0.3 is 5.97 Å². The maximum absolute atomic E-state index is 11.0. The topological polar surface area (TPSA) is 46.5 Å². The van der Waals surface area contributed by atoms with Gasteiger partial charge in [-0.25, -0.2) is 0 Å². The third-order valence-corrected chi connectivity index (χ3v) is 4.25. The van der Waals surface area contributed by atoms with Crippen LogP contribution >= 0.6 is 11.8 Å². The third-order valence-electron chi connectivity index (χ3n) is 2.58. The van der Waals surface area contributed by atoms with Gasteiger partial charge < -0.3 is 9.84 Å². The highest BCUT2D eigenvalue weighted by molar-refractivity contribution is 8.00. The Hall–Kier alpha value is -0.220. The van der Waals surface area contributed by atoms with Gasteiger partial charge in [-0.1, -0.05) is 13.8 Å². The molecule has 0 saturated carbocycles. The first-order valence-corrected chi connectivity index (χ1v) is 6.62. The number of hydrogen-bond acceptors (Lipinski definition) is 3. The molecule has 0 radical (unpaired) electrons. The van der Waals surface area contributed by atoms with Crippen molar-refractivity contribution in [2.24, 2.45) is 5.92 Å². The SMILES string of the molecule is CC(C)C(SCC1CCCCO1)C(=O)O. The third kappa shape index (κ3) is 4.43. The van der Waals surface area contributed by atoms with E-state index >= 15 is 0 Å². The molecule has 88 valence electrons. The zero-order chi connectivity index (χ0) is 11.3. The Kier molecular flexibility index (Phi) is 5.47. The molecule has 0 spiro atoms. The van der Waals surface area contributed by atoms with E-state index in [4.69, 9.17) is 9.84 Å². The van der Waals surface area contributed by atoms with E-state index in [1.165, 1.54) is 18.2 Å². The molecule has 1 saturated heterocycles. The molecule has 1 fully saturated rings. The minimum Gasteiger partial charge on any atom is -0.480 e. The van der Waals surface area contributed by atoms with Crippen LogP contribution in [0.25, 0.3) is 0 Å². The summed E-state index contributed by atoms with van der Waals surface area (Å²) in [6.07, 6.45) is 3.71. The molecule has 1 aliphatic heterocycles. The minimum atomic E-state index is -0.703. The van der Waals surface area contributed by atoms with E-state index < -0.39 is 5.97 Å². The molecule has 0 amide bonds. The maximum Gasteiger partial charge on any atom is 0.316 e. The number of carboxylic acid groups (broad SMARTS) is 1. The van der Waals surface area contributed by atoms with Crippen LogP contribution in [0.15, 0.2) is 0 Å². The molecular formula is C11H20O3S. The fourth-order valence-electron chi connectivity index (χ4n) is 1.70. The van der Waals surface area contributed by atoms with Gasteiger partial charge in [0.2, 0.25) is 0 Å². The van der Waals surface area contributed by atoms with Crippen molar-refractivity contribution in [3.63, 3.8) is 0 Å². The first-order valence-electron chi connectivity index (χ1n) is 5.57. The molecule has 15 heavy (non-hydrogen) atoms. The molecule has 0 aromatic rings. The Morgan fingerprint density at radius 3 is 2.73 bits per heavy atom. The molecule has 0 bridgehead atoms. The molecule has 0 aromatic heterocycles. The van der Waals surface area contributed by atoms with E-state index in [1.807, 2.05) is 13.8 Å². The summed E-state index contributed by atoms with van der Waals surface area (Å²) in [6.45, 7) is 4.74. The van der Waals surface area contributed by atoms with Crippen LogP contribution in [0, 0.1) is 5.92 Å². The summed E-state index contributed by atoms with van der Waals surface area (Å²) in [7, 11) is 0. The van der Waals surface area contributed by atoms with Crippen molar-refractivity contribution in [2.45, 2.75) is 44.5 Å². The highest BCUT2D eigenvalue weighted by Gasteiger charge is 2.24. The lowest BCUT2D eigenvalue weighted by molar-refractivity contribution is -0.137. The summed E-state index contributed by atoms with van der Waals surface area (Å²) < 4.78 is 5.57. The first kappa shape index (κ1) is 12.8. The number of aliphatic carboxylic acids is 1. The lowest BCUT2D eigenvalue weighted by Crippen LogP contribution is -2.27. The van der Waals surface area contributed by atoms with E-state index in [1.54, 1.807) is 0 Å². The maximum atomic E-state index is 11.0. The van der Waals surface area contributed by atoms with Gasteiger partial charge in [0.25, 0.3) is 0 Å². The Bertz CT molecular complexity index is 200. The molecule has 1 N–H and O–H groups in total. The number of ether oxygens (including phenoxy) is 1. The van der Waals surface area contributed by atoms with Gasteiger partial charge in [0.15, 0.2) is 0 Å². The first-order chi connectivity index (χ1) is 7.11. The van der Waals surface area contributed by atoms with E-state index in [0.717, 1.165) is 25.2 Å². The molecular weight excluding hydrogens is 212 g/mol. The number of rotatable bonds is 5. The molecule has 1 aliphatic rings. The van der Waals surface area contributed by atoms with Crippen molar-refractivity contribution in [2.75, 3.05) is 12.4 Å². The summed E-state index contributed by atoms with van der Waals surface area (Å²) in [5, 5.41) is 8.72. The summed E-state index contributed by atoms with van der Waals surface area (Å²) in [6, 6.07) is 0. The van der Waals surface area contributed by atoms with Gasteiger partial charge in [-0.15, -0.1) is 11.8 Å². The van der Waals surface area contributed by atoms with Gasteiger partial charge in [-0.3, -0.25) is 4.79 Å². The molecule has 3 nitrogen and oxygen atoms in total. The summed E-state index contributed by atoms with van der Waals surface area (Å²) in [5.41, 5.74) is 0. The lowest BCUT2D eigenvalue weighted by Gasteiger charge is -2.24. The monoisotopic (exact) mass is 232 g/mol. The zero-order valence-corrected chi connectivity index (χ0v) is 10.3. The predicted octanol–water partition coefficient (Wildman–Crippen LogP) is 2.40. The van der Waals surface area contributed by atoms with E-state index in [0.29, 0.717) is 0 Å². The number of thioether (sulfide) groups is 1. The van der Waals surface area contributed by atoms with Crippen molar-refractivity contribution in [1.82, 2.24) is 0 Å². The van der Waals surface area contributed by atoms with Crippen molar-refractivity contribution in [3.05, 3.63) is 0 Å². The van der Waals surface area contributed by atoms with Crippen LogP contribution in [0.1, 0.15) is 33.1 Å². The molecule has 0 aromatic carbocycles. The zero-order valence-electron chi connectivity index (χ0n) is 9.44. The van der Waals surface area contributed by atoms with Crippen LogP contribution in [0.2, 0.25) is 0 Å². The van der Waals surface area contributed by atoms with Crippen LogP contribution in [-0.4, -0.2) is 34.8 Å². The second kappa shape index (κ2) is 6.38. The molecule has 0 aliphatic carbocycles. The van der Waals surface area contributed by atoms with Gasteiger partial charge in [0.1, 0.15) is 5.25 Å². The van der Waals surface area contributed by atoms with E-state index in [9.17, 15) is 4.79 Å².